The zero-order valence-electron chi connectivity index (χ0n) is 18.7. The Morgan fingerprint density at radius 2 is 1.65 bits per heavy atom. The number of β-amino-alcohol motifs (C(OH)–C–C–N with tert-alkyl or cyclic N) is 1. The van der Waals surface area contributed by atoms with Crippen LogP contribution in [0.5, 0.6) is 11.5 Å². The lowest BCUT2D eigenvalue weighted by molar-refractivity contribution is -0.134. The van der Waals surface area contributed by atoms with Crippen molar-refractivity contribution in [3.05, 3.63) is 35.9 Å². The van der Waals surface area contributed by atoms with Crippen molar-refractivity contribution in [3.8, 4) is 11.5 Å². The van der Waals surface area contributed by atoms with E-state index >= 15 is 0 Å². The lowest BCUT2D eigenvalue weighted by atomic mass is 10.1. The second-order valence-electron chi connectivity index (χ2n) is 7.34. The van der Waals surface area contributed by atoms with E-state index < -0.39 is 18.0 Å². The molecule has 0 amide bonds. The normalized spacial score (nSPS) is 12.5. The van der Waals surface area contributed by atoms with E-state index in [1.54, 1.807) is 14.2 Å². The molecule has 0 aliphatic heterocycles. The van der Waals surface area contributed by atoms with Crippen LogP contribution in [0, 0.1) is 0 Å². The quantitative estimate of drug-likeness (QED) is 0.243. The van der Waals surface area contributed by atoms with Crippen LogP contribution < -0.4 is 14.8 Å². The molecule has 4 N–H and O–H groups in total. The van der Waals surface area contributed by atoms with Crippen molar-refractivity contribution < 1.29 is 39.2 Å². The molecule has 0 heterocycles. The summed E-state index contributed by atoms with van der Waals surface area (Å²) < 4.78 is 10.5. The molecule has 0 saturated heterocycles. The summed E-state index contributed by atoms with van der Waals surface area (Å²) in [5.41, 5.74) is 1.52. The number of nitrogens with one attached hydrogen (secondary N) is 1. The third-order valence-electron chi connectivity index (χ3n) is 3.51. The first-order valence-corrected chi connectivity index (χ1v) is 9.35. The summed E-state index contributed by atoms with van der Waals surface area (Å²) in [6, 6.07) is 5.52. The maximum atomic E-state index is 9.85. The smallest absolute Gasteiger partial charge is 0.328 e. The van der Waals surface area contributed by atoms with Gasteiger partial charge in [-0.2, -0.15) is 0 Å². The number of aliphatic hydroxyl groups is 1. The number of hydrogen-bond acceptors (Lipinski definition) is 8. The van der Waals surface area contributed by atoms with E-state index in [0.717, 1.165) is 5.56 Å². The van der Waals surface area contributed by atoms with Crippen molar-refractivity contribution in [2.45, 2.75) is 39.3 Å². The lowest BCUT2D eigenvalue weighted by Crippen LogP contribution is -2.42. The van der Waals surface area contributed by atoms with E-state index in [9.17, 15) is 14.7 Å². The molecule has 0 bridgehead atoms. The molecular weight excluding hydrogens is 408 g/mol. The van der Waals surface area contributed by atoms with Crippen molar-refractivity contribution in [2.75, 3.05) is 27.4 Å². The van der Waals surface area contributed by atoms with Gasteiger partial charge in [0.1, 0.15) is 12.7 Å². The molecule has 1 aromatic rings. The van der Waals surface area contributed by atoms with Crippen molar-refractivity contribution in [3.63, 3.8) is 0 Å². The highest BCUT2D eigenvalue weighted by molar-refractivity contribution is 5.98. The third-order valence-corrected chi connectivity index (χ3v) is 3.51. The zero-order valence-corrected chi connectivity index (χ0v) is 18.7. The summed E-state index contributed by atoms with van der Waals surface area (Å²) in [5, 5.41) is 32.7. The number of carboxylic acid groups (broad SMARTS) is 2. The number of methoxy groups -OCH3 is 2. The number of oxime groups is 1. The van der Waals surface area contributed by atoms with Crippen LogP contribution in [-0.2, 0) is 14.4 Å². The zero-order chi connectivity index (χ0) is 24.0. The second-order valence-corrected chi connectivity index (χ2v) is 7.34. The Bertz CT molecular complexity index is 753. The molecule has 10 heteroatoms. The van der Waals surface area contributed by atoms with Crippen LogP contribution in [0.25, 0.3) is 0 Å². The van der Waals surface area contributed by atoms with Gasteiger partial charge >= 0.3 is 11.9 Å². The fourth-order valence-corrected chi connectivity index (χ4v) is 1.96. The summed E-state index contributed by atoms with van der Waals surface area (Å²) in [6.45, 7) is 8.54. The van der Waals surface area contributed by atoms with Gasteiger partial charge in [0.2, 0.25) is 0 Å². The van der Waals surface area contributed by atoms with Gasteiger partial charge in [0.15, 0.2) is 11.5 Å². The minimum Gasteiger partial charge on any atom is -0.493 e. The Kier molecular flexibility index (Phi) is 12.6. The summed E-state index contributed by atoms with van der Waals surface area (Å²) in [4.78, 5) is 24.3. The lowest BCUT2D eigenvalue weighted by Gasteiger charge is -2.22. The molecule has 0 aliphatic carbocycles. The van der Waals surface area contributed by atoms with Gasteiger partial charge in [-0.05, 0) is 45.9 Å². The Hall–Kier alpha value is -3.11. The number of aliphatic carboxylic acids is 2. The van der Waals surface area contributed by atoms with E-state index in [1.807, 2.05) is 45.9 Å². The van der Waals surface area contributed by atoms with E-state index in [0.29, 0.717) is 35.9 Å². The van der Waals surface area contributed by atoms with Gasteiger partial charge in [-0.1, -0.05) is 5.16 Å². The molecule has 0 fully saturated rings. The highest BCUT2D eigenvalue weighted by Gasteiger charge is 2.12. The molecule has 31 heavy (non-hydrogen) atoms. The van der Waals surface area contributed by atoms with Gasteiger partial charge in [0.25, 0.3) is 0 Å². The van der Waals surface area contributed by atoms with Crippen LogP contribution in [0.4, 0.5) is 0 Å². The number of aliphatic hydroxyl groups excluding tert-OH is 1. The Balaban J connectivity index is 0.000000954. The SMILES string of the molecule is COc1ccc(/C(C)=N/OCC(O)CNC(C)(C)C)cc1OC.O=C(O)/C=C\C(=O)O. The number of ether oxygens (including phenoxy) is 2. The molecule has 0 radical (unpaired) electrons. The third kappa shape index (κ3) is 13.7. The summed E-state index contributed by atoms with van der Waals surface area (Å²) >= 11 is 0. The standard InChI is InChI=1S/C17H28N2O4.C4H4O4/c1-12(13-7-8-15(21-5)16(9-13)22-6)19-23-11-14(20)10-18-17(2,3)4;5-3(6)1-2-4(7)8/h7-9,14,18,20H,10-11H2,1-6H3;1-2H,(H,5,6)(H,7,8)/b19-12+;2-1-. The maximum Gasteiger partial charge on any atom is 0.328 e. The van der Waals surface area contributed by atoms with Crippen LogP contribution in [0.15, 0.2) is 35.5 Å². The number of rotatable bonds is 10. The van der Waals surface area contributed by atoms with Gasteiger partial charge < -0.3 is 34.9 Å². The molecule has 1 unspecified atom stereocenters. The largest absolute Gasteiger partial charge is 0.493 e. The van der Waals surface area contributed by atoms with Crippen molar-refractivity contribution >= 4 is 17.7 Å². The molecule has 1 aromatic carbocycles. The monoisotopic (exact) mass is 440 g/mol. The number of hydrogen-bond donors (Lipinski definition) is 4. The molecule has 1 rings (SSSR count). The molecule has 1 atom stereocenters. The number of carboxylic acids is 2. The first kappa shape index (κ1) is 27.9. The highest BCUT2D eigenvalue weighted by Crippen LogP contribution is 2.27. The van der Waals surface area contributed by atoms with Crippen molar-refractivity contribution in [1.82, 2.24) is 5.32 Å². The van der Waals surface area contributed by atoms with Gasteiger partial charge in [0, 0.05) is 29.8 Å². The first-order valence-electron chi connectivity index (χ1n) is 9.35. The van der Waals surface area contributed by atoms with Gasteiger partial charge in [-0.3, -0.25) is 0 Å². The van der Waals surface area contributed by atoms with E-state index in [4.69, 9.17) is 24.5 Å². The molecule has 10 nitrogen and oxygen atoms in total. The predicted octanol–water partition coefficient (Wildman–Crippen LogP) is 1.91. The van der Waals surface area contributed by atoms with Gasteiger partial charge in [0.05, 0.1) is 19.9 Å². The van der Waals surface area contributed by atoms with E-state index in [2.05, 4.69) is 10.5 Å². The Labute approximate surface area is 182 Å². The van der Waals surface area contributed by atoms with Crippen LogP contribution in [0.1, 0.15) is 33.3 Å². The molecule has 0 aliphatic rings. The van der Waals surface area contributed by atoms with E-state index in [-0.39, 0.29) is 12.1 Å². The fourth-order valence-electron chi connectivity index (χ4n) is 1.96. The number of nitrogens with zero attached hydrogens (tertiary/aromatic N) is 1. The van der Waals surface area contributed by atoms with Crippen LogP contribution in [0.2, 0.25) is 0 Å². The van der Waals surface area contributed by atoms with Gasteiger partial charge in [-0.25, -0.2) is 9.59 Å². The molecule has 0 aromatic heterocycles. The molecule has 174 valence electrons. The maximum absolute atomic E-state index is 9.85. The van der Waals surface area contributed by atoms with Crippen molar-refractivity contribution in [2.24, 2.45) is 5.16 Å². The number of carbonyl (C=O) groups is 2. The molecule has 0 spiro atoms. The number of benzene rings is 1. The minimum absolute atomic E-state index is 0.0419. The molecule has 0 saturated carbocycles. The first-order chi connectivity index (χ1) is 14.4. The van der Waals surface area contributed by atoms with E-state index in [1.165, 1.54) is 0 Å². The fraction of sp³-hybridized carbons (Fsp3) is 0.476. The van der Waals surface area contributed by atoms with Crippen LogP contribution >= 0.6 is 0 Å². The van der Waals surface area contributed by atoms with Crippen LogP contribution in [-0.4, -0.2) is 72.0 Å². The minimum atomic E-state index is -1.26. The average molecular weight is 440 g/mol. The van der Waals surface area contributed by atoms with Crippen LogP contribution in [0.3, 0.4) is 0 Å². The van der Waals surface area contributed by atoms with Crippen molar-refractivity contribution in [1.29, 1.82) is 0 Å². The summed E-state index contributed by atoms with van der Waals surface area (Å²) in [5.74, 6) is -1.22. The predicted molar refractivity (Wildman–Crippen MR) is 116 cm³/mol. The van der Waals surface area contributed by atoms with Gasteiger partial charge in [-0.15, -0.1) is 0 Å². The summed E-state index contributed by atoms with van der Waals surface area (Å²) in [7, 11) is 3.18. The average Bonchev–Trinajstić information content (AvgIpc) is 2.70. The molecular formula is C21H32N2O8. The Morgan fingerprint density at radius 1 is 1.10 bits per heavy atom. The Morgan fingerprint density at radius 3 is 2.10 bits per heavy atom. The summed E-state index contributed by atoms with van der Waals surface area (Å²) in [6.07, 6.45) is 0.501. The second kappa shape index (κ2) is 14.0. The topological polar surface area (TPSA) is 147 Å². The highest BCUT2D eigenvalue weighted by atomic mass is 16.6.